The van der Waals surface area contributed by atoms with Crippen LogP contribution in [0.3, 0.4) is 0 Å². The molecule has 1 unspecified atom stereocenters. The summed E-state index contributed by atoms with van der Waals surface area (Å²) in [6.07, 6.45) is 1.52. The van der Waals surface area contributed by atoms with Gasteiger partial charge in [0.2, 0.25) is 0 Å². The summed E-state index contributed by atoms with van der Waals surface area (Å²) in [4.78, 5) is 41.2. The summed E-state index contributed by atoms with van der Waals surface area (Å²) in [6, 6.07) is 0. The van der Waals surface area contributed by atoms with Gasteiger partial charge in [-0.3, -0.25) is 14.4 Å². The standard InChI is InChI=1S/2C7H14O2.C5H10O3.C4H8O2.5CH4/c1-5-9-6(8)7(2,3)4;1-4-5-6(2)9-7(3)8;1-3-7-5(6)8-4-2;1-3-6-4(2)5;;;;;/h5H2,1-4H3;6H,4-5H2,1-3H3;3-4H2,1-2H3;3H2,1-2H3;5*1H4. The molecule has 0 aromatic heterocycles. The third-order valence-electron chi connectivity index (χ3n) is 2.82. The normalized spacial score (nSPS) is 8.84. The molecule has 232 valence electrons. The van der Waals surface area contributed by atoms with Gasteiger partial charge in [-0.1, -0.05) is 50.5 Å². The third-order valence-corrected chi connectivity index (χ3v) is 2.82. The third kappa shape index (κ3) is 65.7. The SMILES string of the molecule is C.C.C.C.C.CCCC(C)OC(C)=O.CCOC(=O)C(C)(C)C.CCOC(=O)OCC.CCOC(C)=O. The van der Waals surface area contributed by atoms with Crippen LogP contribution in [-0.4, -0.2) is 56.6 Å². The molecule has 0 spiro atoms. The van der Waals surface area contributed by atoms with E-state index in [9.17, 15) is 19.2 Å². The second-order valence-corrected chi connectivity index (χ2v) is 7.22. The van der Waals surface area contributed by atoms with Crippen molar-refractivity contribution in [1.29, 1.82) is 0 Å². The van der Waals surface area contributed by atoms with Crippen LogP contribution in [0.25, 0.3) is 0 Å². The van der Waals surface area contributed by atoms with Crippen LogP contribution < -0.4 is 0 Å². The summed E-state index contributed by atoms with van der Waals surface area (Å²) in [5.41, 5.74) is -0.351. The molecule has 1 atom stereocenters. The Morgan fingerprint density at radius 1 is 0.622 bits per heavy atom. The minimum atomic E-state index is -0.588. The smallest absolute Gasteiger partial charge is 0.466 e. The van der Waals surface area contributed by atoms with Gasteiger partial charge in [0.05, 0.1) is 37.9 Å². The van der Waals surface area contributed by atoms with E-state index in [1.165, 1.54) is 13.8 Å². The van der Waals surface area contributed by atoms with Crippen LogP contribution in [0.5, 0.6) is 0 Å². The molecule has 0 aliphatic heterocycles. The van der Waals surface area contributed by atoms with E-state index in [1.807, 2.05) is 34.6 Å². The Kier molecular flexibility index (Phi) is 65.8. The van der Waals surface area contributed by atoms with Crippen LogP contribution in [0, 0.1) is 5.41 Å². The molecule has 0 aromatic carbocycles. The molecule has 37 heavy (non-hydrogen) atoms. The van der Waals surface area contributed by atoms with Crippen molar-refractivity contribution in [1.82, 2.24) is 0 Å². The van der Waals surface area contributed by atoms with Crippen molar-refractivity contribution in [3.05, 3.63) is 0 Å². The van der Waals surface area contributed by atoms with E-state index in [0.717, 1.165) is 12.8 Å². The molecular formula is C28H66O9. The van der Waals surface area contributed by atoms with Crippen molar-refractivity contribution in [3.8, 4) is 0 Å². The first-order valence-electron chi connectivity index (χ1n) is 11.0. The highest BCUT2D eigenvalue weighted by Crippen LogP contribution is 2.14. The molecule has 0 heterocycles. The monoisotopic (exact) mass is 546 g/mol. The van der Waals surface area contributed by atoms with Gasteiger partial charge < -0.3 is 23.7 Å². The number of carbonyl (C=O) groups excluding carboxylic acids is 4. The second-order valence-electron chi connectivity index (χ2n) is 7.22. The maximum atomic E-state index is 10.8. The summed E-state index contributed by atoms with van der Waals surface area (Å²) < 4.78 is 22.9. The Morgan fingerprint density at radius 3 is 1.14 bits per heavy atom. The molecule has 0 aliphatic carbocycles. The van der Waals surface area contributed by atoms with Gasteiger partial charge in [-0.2, -0.15) is 0 Å². The van der Waals surface area contributed by atoms with E-state index in [0.29, 0.717) is 26.4 Å². The van der Waals surface area contributed by atoms with E-state index >= 15 is 0 Å². The van der Waals surface area contributed by atoms with Gasteiger partial charge in [-0.15, -0.1) is 0 Å². The lowest BCUT2D eigenvalue weighted by molar-refractivity contribution is -0.152. The average molecular weight is 547 g/mol. The topological polar surface area (TPSA) is 114 Å². The molecule has 0 bridgehead atoms. The quantitative estimate of drug-likeness (QED) is 0.230. The number of carbonyl (C=O) groups is 4. The summed E-state index contributed by atoms with van der Waals surface area (Å²) in [7, 11) is 0. The van der Waals surface area contributed by atoms with E-state index in [4.69, 9.17) is 9.47 Å². The fourth-order valence-electron chi connectivity index (χ4n) is 1.58. The molecule has 0 aliphatic rings. The average Bonchev–Trinajstić information content (AvgIpc) is 2.62. The largest absolute Gasteiger partial charge is 0.508 e. The first-order chi connectivity index (χ1) is 14.7. The summed E-state index contributed by atoms with van der Waals surface area (Å²) in [6.45, 7) is 21.1. The molecule has 0 saturated heterocycles. The Bertz CT molecular complexity index is 477. The van der Waals surface area contributed by atoms with E-state index in [-0.39, 0.29) is 66.6 Å². The number of esters is 3. The highest BCUT2D eigenvalue weighted by molar-refractivity contribution is 5.75. The highest BCUT2D eigenvalue weighted by atomic mass is 16.7. The van der Waals surface area contributed by atoms with E-state index in [2.05, 4.69) is 21.1 Å². The lowest BCUT2D eigenvalue weighted by Gasteiger charge is -2.14. The summed E-state index contributed by atoms with van der Waals surface area (Å²) in [5.74, 6) is -0.529. The van der Waals surface area contributed by atoms with Crippen molar-refractivity contribution in [2.75, 3.05) is 26.4 Å². The maximum absolute atomic E-state index is 10.8. The van der Waals surface area contributed by atoms with Crippen molar-refractivity contribution in [2.45, 2.75) is 132 Å². The summed E-state index contributed by atoms with van der Waals surface area (Å²) >= 11 is 0. The lowest BCUT2D eigenvalue weighted by atomic mass is 9.97. The van der Waals surface area contributed by atoms with Crippen molar-refractivity contribution in [3.63, 3.8) is 0 Å². The molecular weight excluding hydrogens is 480 g/mol. The van der Waals surface area contributed by atoms with Gasteiger partial charge >= 0.3 is 24.1 Å². The zero-order chi connectivity index (χ0) is 26.2. The first kappa shape index (κ1) is 59.7. The van der Waals surface area contributed by atoms with Crippen LogP contribution in [0.15, 0.2) is 0 Å². The Hall–Kier alpha value is -2.32. The van der Waals surface area contributed by atoms with Crippen LogP contribution in [0.4, 0.5) is 4.79 Å². The van der Waals surface area contributed by atoms with Gasteiger partial charge in [0.1, 0.15) is 0 Å². The van der Waals surface area contributed by atoms with Crippen LogP contribution in [-0.2, 0) is 38.1 Å². The Morgan fingerprint density at radius 2 is 0.973 bits per heavy atom. The Balaban J connectivity index is -0.0000000390. The summed E-state index contributed by atoms with van der Waals surface area (Å²) in [5, 5.41) is 0. The molecule has 0 N–H and O–H groups in total. The number of hydrogen-bond acceptors (Lipinski definition) is 9. The van der Waals surface area contributed by atoms with Gasteiger partial charge in [0.25, 0.3) is 0 Å². The maximum Gasteiger partial charge on any atom is 0.508 e. The minimum absolute atomic E-state index is 0. The second kappa shape index (κ2) is 40.8. The molecule has 0 aromatic rings. The predicted molar refractivity (Wildman–Crippen MR) is 157 cm³/mol. The zero-order valence-corrected chi connectivity index (χ0v) is 22.0. The highest BCUT2D eigenvalue weighted by Gasteiger charge is 2.21. The first-order valence-corrected chi connectivity index (χ1v) is 11.0. The molecule has 0 fully saturated rings. The van der Waals surface area contributed by atoms with Crippen molar-refractivity contribution >= 4 is 24.1 Å². The van der Waals surface area contributed by atoms with Crippen LogP contribution >= 0.6 is 0 Å². The van der Waals surface area contributed by atoms with Crippen molar-refractivity contribution in [2.24, 2.45) is 5.41 Å². The number of ether oxygens (including phenoxy) is 5. The van der Waals surface area contributed by atoms with Gasteiger partial charge in [0.15, 0.2) is 0 Å². The predicted octanol–water partition coefficient (Wildman–Crippen LogP) is 8.26. The van der Waals surface area contributed by atoms with E-state index < -0.39 is 6.16 Å². The Labute approximate surface area is 231 Å². The zero-order valence-electron chi connectivity index (χ0n) is 22.0. The lowest BCUT2D eigenvalue weighted by Crippen LogP contribution is -2.22. The van der Waals surface area contributed by atoms with Gasteiger partial charge in [-0.25, -0.2) is 4.79 Å². The molecule has 0 radical (unpaired) electrons. The molecule has 9 heteroatoms. The van der Waals surface area contributed by atoms with Gasteiger partial charge in [-0.05, 0) is 61.8 Å². The molecule has 9 nitrogen and oxygen atoms in total. The fourth-order valence-corrected chi connectivity index (χ4v) is 1.58. The van der Waals surface area contributed by atoms with Crippen LogP contribution in [0.2, 0.25) is 0 Å². The molecule has 0 rings (SSSR count). The molecule has 0 saturated carbocycles. The minimum Gasteiger partial charge on any atom is -0.466 e. The van der Waals surface area contributed by atoms with Crippen molar-refractivity contribution < 1.29 is 42.9 Å². The van der Waals surface area contributed by atoms with Crippen LogP contribution in [0.1, 0.15) is 126 Å². The molecule has 0 amide bonds. The van der Waals surface area contributed by atoms with Gasteiger partial charge in [0, 0.05) is 13.8 Å². The fraction of sp³-hybridized carbons (Fsp3) is 0.857. The number of rotatable bonds is 7. The van der Waals surface area contributed by atoms with E-state index in [1.54, 1.807) is 20.8 Å². The number of hydrogen-bond donors (Lipinski definition) is 0.